The Bertz CT molecular complexity index is 150. The molecule has 2 fully saturated rings. The van der Waals surface area contributed by atoms with Crippen LogP contribution in [0.4, 0.5) is 0 Å². The lowest BCUT2D eigenvalue weighted by Crippen LogP contribution is -2.13. The third kappa shape index (κ3) is 1.02. The van der Waals surface area contributed by atoms with E-state index in [1.165, 1.54) is 12.8 Å². The molecule has 64 valence electrons. The molecule has 0 aromatic heterocycles. The predicted octanol–water partition coefficient (Wildman–Crippen LogP) is 3.32. The van der Waals surface area contributed by atoms with Crippen molar-refractivity contribution in [2.75, 3.05) is 0 Å². The van der Waals surface area contributed by atoms with Gasteiger partial charge in [0.1, 0.15) is 0 Å². The maximum Gasteiger partial charge on any atom is -0.0349 e. The van der Waals surface area contributed by atoms with Crippen molar-refractivity contribution in [2.24, 2.45) is 29.6 Å². The molecule has 0 heteroatoms. The molecule has 11 heavy (non-hydrogen) atoms. The van der Waals surface area contributed by atoms with Gasteiger partial charge < -0.3 is 0 Å². The molecule has 2 rings (SSSR count). The van der Waals surface area contributed by atoms with E-state index < -0.39 is 0 Å². The van der Waals surface area contributed by atoms with Crippen molar-refractivity contribution >= 4 is 0 Å². The summed E-state index contributed by atoms with van der Waals surface area (Å²) >= 11 is 0. The summed E-state index contributed by atoms with van der Waals surface area (Å²) in [7, 11) is 0. The van der Waals surface area contributed by atoms with Crippen LogP contribution in [0.1, 0.15) is 40.0 Å². The van der Waals surface area contributed by atoms with Crippen molar-refractivity contribution in [1.82, 2.24) is 0 Å². The monoisotopic (exact) mass is 152 g/mol. The van der Waals surface area contributed by atoms with Gasteiger partial charge in [-0.05, 0) is 36.0 Å². The SMILES string of the molecule is CCCC1C2CC2C(C)[C@H]1C. The Labute approximate surface area is 70.4 Å². The van der Waals surface area contributed by atoms with Crippen LogP contribution < -0.4 is 0 Å². The van der Waals surface area contributed by atoms with Crippen molar-refractivity contribution in [3.8, 4) is 0 Å². The highest BCUT2D eigenvalue weighted by molar-refractivity contribution is 5.03. The van der Waals surface area contributed by atoms with Crippen LogP contribution in [0, 0.1) is 29.6 Å². The Morgan fingerprint density at radius 1 is 1.09 bits per heavy atom. The van der Waals surface area contributed by atoms with Crippen molar-refractivity contribution in [1.29, 1.82) is 0 Å². The van der Waals surface area contributed by atoms with E-state index >= 15 is 0 Å². The molecule has 2 saturated carbocycles. The number of hydrogen-bond donors (Lipinski definition) is 0. The molecule has 0 N–H and O–H groups in total. The highest BCUT2D eigenvalue weighted by Gasteiger charge is 2.55. The first-order chi connectivity index (χ1) is 5.25. The fourth-order valence-corrected chi connectivity index (χ4v) is 3.31. The van der Waals surface area contributed by atoms with Gasteiger partial charge in [0.25, 0.3) is 0 Å². The average molecular weight is 152 g/mol. The molecule has 0 saturated heterocycles. The second-order valence-electron chi connectivity index (χ2n) is 4.73. The zero-order valence-corrected chi connectivity index (χ0v) is 8.01. The second-order valence-corrected chi connectivity index (χ2v) is 4.73. The molecular weight excluding hydrogens is 132 g/mol. The van der Waals surface area contributed by atoms with Crippen LogP contribution in [0.5, 0.6) is 0 Å². The van der Waals surface area contributed by atoms with Gasteiger partial charge in [-0.25, -0.2) is 0 Å². The Kier molecular flexibility index (Phi) is 1.74. The van der Waals surface area contributed by atoms with E-state index in [9.17, 15) is 0 Å². The smallest absolute Gasteiger partial charge is 0.0349 e. The Morgan fingerprint density at radius 3 is 2.27 bits per heavy atom. The van der Waals surface area contributed by atoms with Gasteiger partial charge in [0, 0.05) is 0 Å². The molecule has 0 radical (unpaired) electrons. The summed E-state index contributed by atoms with van der Waals surface area (Å²) in [4.78, 5) is 0. The highest BCUT2D eigenvalue weighted by Crippen LogP contribution is 2.62. The highest BCUT2D eigenvalue weighted by atomic mass is 14.6. The van der Waals surface area contributed by atoms with E-state index in [2.05, 4.69) is 20.8 Å². The van der Waals surface area contributed by atoms with Gasteiger partial charge in [-0.1, -0.05) is 33.6 Å². The van der Waals surface area contributed by atoms with Crippen LogP contribution in [0.3, 0.4) is 0 Å². The van der Waals surface area contributed by atoms with Gasteiger partial charge in [0.05, 0.1) is 0 Å². The lowest BCUT2D eigenvalue weighted by Gasteiger charge is -2.21. The first kappa shape index (κ1) is 7.64. The van der Waals surface area contributed by atoms with Gasteiger partial charge >= 0.3 is 0 Å². The summed E-state index contributed by atoms with van der Waals surface area (Å²) < 4.78 is 0. The van der Waals surface area contributed by atoms with E-state index in [0.717, 1.165) is 29.6 Å². The Hall–Kier alpha value is 0. The minimum absolute atomic E-state index is 1.03. The van der Waals surface area contributed by atoms with Gasteiger partial charge in [0.15, 0.2) is 0 Å². The van der Waals surface area contributed by atoms with Crippen LogP contribution in [-0.4, -0.2) is 0 Å². The molecule has 0 aromatic rings. The molecule has 0 bridgehead atoms. The number of hydrogen-bond acceptors (Lipinski definition) is 0. The summed E-state index contributed by atoms with van der Waals surface area (Å²) in [6, 6.07) is 0. The molecule has 0 aliphatic heterocycles. The molecule has 4 unspecified atom stereocenters. The predicted molar refractivity (Wildman–Crippen MR) is 48.3 cm³/mol. The van der Waals surface area contributed by atoms with Crippen LogP contribution >= 0.6 is 0 Å². The summed E-state index contributed by atoms with van der Waals surface area (Å²) in [6.07, 6.45) is 4.45. The first-order valence-electron chi connectivity index (χ1n) is 5.25. The number of rotatable bonds is 2. The molecule has 0 aromatic carbocycles. The molecule has 0 nitrogen and oxygen atoms in total. The van der Waals surface area contributed by atoms with Crippen molar-refractivity contribution < 1.29 is 0 Å². The van der Waals surface area contributed by atoms with Crippen LogP contribution in [0.25, 0.3) is 0 Å². The van der Waals surface area contributed by atoms with Gasteiger partial charge in [-0.15, -0.1) is 0 Å². The topological polar surface area (TPSA) is 0 Å². The van der Waals surface area contributed by atoms with Crippen LogP contribution in [-0.2, 0) is 0 Å². The van der Waals surface area contributed by atoms with Crippen molar-refractivity contribution in [3.63, 3.8) is 0 Å². The van der Waals surface area contributed by atoms with E-state index in [0.29, 0.717) is 0 Å². The minimum Gasteiger partial charge on any atom is -0.0654 e. The maximum absolute atomic E-state index is 2.47. The normalized spacial score (nSPS) is 54.3. The lowest BCUT2D eigenvalue weighted by atomic mass is 9.84. The molecule has 2 aliphatic rings. The summed E-state index contributed by atoms with van der Waals surface area (Å²) in [6.45, 7) is 7.26. The molecule has 2 aliphatic carbocycles. The average Bonchev–Trinajstić information content (AvgIpc) is 2.72. The fourth-order valence-electron chi connectivity index (χ4n) is 3.31. The molecule has 0 heterocycles. The summed E-state index contributed by atoms with van der Waals surface area (Å²) in [5.41, 5.74) is 0. The first-order valence-corrected chi connectivity index (χ1v) is 5.25. The van der Waals surface area contributed by atoms with E-state index in [1.807, 2.05) is 0 Å². The Morgan fingerprint density at radius 2 is 1.82 bits per heavy atom. The van der Waals surface area contributed by atoms with E-state index in [-0.39, 0.29) is 0 Å². The molecule has 5 atom stereocenters. The zero-order valence-electron chi connectivity index (χ0n) is 8.01. The van der Waals surface area contributed by atoms with Crippen molar-refractivity contribution in [2.45, 2.75) is 40.0 Å². The van der Waals surface area contributed by atoms with E-state index in [1.54, 1.807) is 6.42 Å². The van der Waals surface area contributed by atoms with Crippen LogP contribution in [0.15, 0.2) is 0 Å². The molecule has 0 spiro atoms. The molecular formula is C11H20. The third-order valence-electron chi connectivity index (χ3n) is 4.24. The standard InChI is InChI=1S/C11H20/c1-4-5-9-7(2)8(3)10-6-11(9)10/h7-11H,4-6H2,1-3H3/t7-,8?,9?,10?,11?/m1/s1. The quantitative estimate of drug-likeness (QED) is 0.569. The second kappa shape index (κ2) is 2.50. The van der Waals surface area contributed by atoms with E-state index in [4.69, 9.17) is 0 Å². The number of fused-ring (bicyclic) bond motifs is 1. The minimum atomic E-state index is 1.03. The third-order valence-corrected chi connectivity index (χ3v) is 4.24. The maximum atomic E-state index is 2.47. The summed E-state index contributed by atoms with van der Waals surface area (Å²) in [5.74, 6) is 5.46. The van der Waals surface area contributed by atoms with Gasteiger partial charge in [-0.2, -0.15) is 0 Å². The van der Waals surface area contributed by atoms with Crippen molar-refractivity contribution in [3.05, 3.63) is 0 Å². The fraction of sp³-hybridized carbons (Fsp3) is 1.00. The largest absolute Gasteiger partial charge is 0.0654 e. The van der Waals surface area contributed by atoms with Crippen LogP contribution in [0.2, 0.25) is 0 Å². The summed E-state index contributed by atoms with van der Waals surface area (Å²) in [5, 5.41) is 0. The Balaban J connectivity index is 1.99. The van der Waals surface area contributed by atoms with Gasteiger partial charge in [-0.3, -0.25) is 0 Å². The molecule has 0 amide bonds. The van der Waals surface area contributed by atoms with Gasteiger partial charge in [0.2, 0.25) is 0 Å². The zero-order chi connectivity index (χ0) is 8.01. The lowest BCUT2D eigenvalue weighted by molar-refractivity contribution is 0.282.